The van der Waals surface area contributed by atoms with Crippen molar-refractivity contribution >= 4 is 5.97 Å². The third-order valence-electron chi connectivity index (χ3n) is 3.29. The smallest absolute Gasteiger partial charge is 0.356 e. The molecule has 0 fully saturated rings. The monoisotopic (exact) mass is 303 g/mol. The highest BCUT2D eigenvalue weighted by Gasteiger charge is 2.22. The van der Waals surface area contributed by atoms with Crippen LogP contribution in [-0.2, 0) is 11.2 Å². The first-order valence-corrected chi connectivity index (χ1v) is 6.79. The number of aromatic nitrogens is 1. The molecule has 0 unspecified atom stereocenters. The van der Waals surface area contributed by atoms with Crippen molar-refractivity contribution in [1.82, 2.24) is 4.98 Å². The molecule has 0 amide bonds. The van der Waals surface area contributed by atoms with Crippen LogP contribution in [0.1, 0.15) is 21.6 Å². The van der Waals surface area contributed by atoms with Crippen molar-refractivity contribution in [2.24, 2.45) is 0 Å². The Balaban J connectivity index is 2.00. The SMILES string of the molecule is COC(=O)c1cc(Cc2ccc(F)cc2)c2c(n1)OCCO2. The van der Waals surface area contributed by atoms with Crippen molar-refractivity contribution in [3.63, 3.8) is 0 Å². The summed E-state index contributed by atoms with van der Waals surface area (Å²) >= 11 is 0. The molecule has 0 N–H and O–H groups in total. The van der Waals surface area contributed by atoms with E-state index in [1.165, 1.54) is 19.2 Å². The van der Waals surface area contributed by atoms with Crippen LogP contribution in [0.15, 0.2) is 30.3 Å². The summed E-state index contributed by atoms with van der Waals surface area (Å²) in [6, 6.07) is 7.76. The summed E-state index contributed by atoms with van der Waals surface area (Å²) in [5.74, 6) is -0.0397. The van der Waals surface area contributed by atoms with Gasteiger partial charge in [0.05, 0.1) is 7.11 Å². The summed E-state index contributed by atoms with van der Waals surface area (Å²) in [6.45, 7) is 0.795. The average Bonchev–Trinajstić information content (AvgIpc) is 2.56. The maximum Gasteiger partial charge on any atom is 0.356 e. The zero-order chi connectivity index (χ0) is 15.5. The third kappa shape index (κ3) is 2.86. The van der Waals surface area contributed by atoms with E-state index in [1.54, 1.807) is 18.2 Å². The van der Waals surface area contributed by atoms with Gasteiger partial charge in [0, 0.05) is 12.0 Å². The Kier molecular flexibility index (Phi) is 3.91. The molecular weight excluding hydrogens is 289 g/mol. The molecule has 114 valence electrons. The quantitative estimate of drug-likeness (QED) is 0.815. The third-order valence-corrected chi connectivity index (χ3v) is 3.29. The van der Waals surface area contributed by atoms with Crippen molar-refractivity contribution < 1.29 is 23.4 Å². The van der Waals surface area contributed by atoms with Crippen molar-refractivity contribution in [1.29, 1.82) is 0 Å². The molecule has 0 atom stereocenters. The van der Waals surface area contributed by atoms with Crippen molar-refractivity contribution in [2.45, 2.75) is 6.42 Å². The maximum atomic E-state index is 13.0. The van der Waals surface area contributed by atoms with Gasteiger partial charge in [-0.3, -0.25) is 0 Å². The number of benzene rings is 1. The molecule has 0 bridgehead atoms. The Bertz CT molecular complexity index is 700. The first-order chi connectivity index (χ1) is 10.7. The van der Waals surface area contributed by atoms with Gasteiger partial charge in [0.1, 0.15) is 19.0 Å². The normalized spacial score (nSPS) is 12.8. The van der Waals surface area contributed by atoms with E-state index in [0.29, 0.717) is 25.4 Å². The van der Waals surface area contributed by atoms with E-state index >= 15 is 0 Å². The summed E-state index contributed by atoms with van der Waals surface area (Å²) in [6.07, 6.45) is 0.471. The average molecular weight is 303 g/mol. The Morgan fingerprint density at radius 3 is 2.73 bits per heavy atom. The molecule has 1 aliphatic rings. The second-order valence-electron chi connectivity index (χ2n) is 4.79. The molecule has 0 saturated heterocycles. The summed E-state index contributed by atoms with van der Waals surface area (Å²) < 4.78 is 28.8. The summed E-state index contributed by atoms with van der Waals surface area (Å²) in [5, 5.41) is 0. The second-order valence-corrected chi connectivity index (χ2v) is 4.79. The van der Waals surface area contributed by atoms with E-state index in [-0.39, 0.29) is 17.4 Å². The standard InChI is InChI=1S/C16H14FNO4/c1-20-16(19)13-9-11(8-10-2-4-12(17)5-3-10)14-15(18-13)22-7-6-21-14/h2-5,9H,6-8H2,1H3. The van der Waals surface area contributed by atoms with Gasteiger partial charge < -0.3 is 14.2 Å². The highest BCUT2D eigenvalue weighted by Crippen LogP contribution is 2.34. The second kappa shape index (κ2) is 6.01. The van der Waals surface area contributed by atoms with Crippen LogP contribution in [0.4, 0.5) is 4.39 Å². The lowest BCUT2D eigenvalue weighted by Crippen LogP contribution is -2.19. The van der Waals surface area contributed by atoms with E-state index in [4.69, 9.17) is 14.2 Å². The zero-order valence-electron chi connectivity index (χ0n) is 12.0. The minimum Gasteiger partial charge on any atom is -0.484 e. The number of rotatable bonds is 3. The molecule has 1 aromatic heterocycles. The van der Waals surface area contributed by atoms with Crippen LogP contribution < -0.4 is 9.47 Å². The Morgan fingerprint density at radius 2 is 2.00 bits per heavy atom. The number of carbonyl (C=O) groups is 1. The molecular formula is C16H14FNO4. The van der Waals surface area contributed by atoms with Gasteiger partial charge in [-0.15, -0.1) is 0 Å². The fourth-order valence-electron chi connectivity index (χ4n) is 2.26. The topological polar surface area (TPSA) is 57.7 Å². The van der Waals surface area contributed by atoms with Crippen LogP contribution in [0.2, 0.25) is 0 Å². The van der Waals surface area contributed by atoms with Crippen LogP contribution in [0, 0.1) is 5.82 Å². The van der Waals surface area contributed by atoms with Crippen molar-refractivity contribution in [2.75, 3.05) is 20.3 Å². The van der Waals surface area contributed by atoms with Gasteiger partial charge in [-0.05, 0) is 23.8 Å². The van der Waals surface area contributed by atoms with Crippen LogP contribution in [0.3, 0.4) is 0 Å². The van der Waals surface area contributed by atoms with Gasteiger partial charge >= 0.3 is 5.97 Å². The predicted octanol–water partition coefficient (Wildman–Crippen LogP) is 2.37. The predicted molar refractivity (Wildman–Crippen MR) is 75.8 cm³/mol. The Labute approximate surface area is 126 Å². The molecule has 6 heteroatoms. The van der Waals surface area contributed by atoms with E-state index in [9.17, 15) is 9.18 Å². The minimum absolute atomic E-state index is 0.156. The molecule has 3 rings (SSSR count). The molecule has 0 aliphatic carbocycles. The molecule has 2 aromatic rings. The number of hydrogen-bond acceptors (Lipinski definition) is 5. The number of methoxy groups -OCH3 is 1. The number of hydrogen-bond donors (Lipinski definition) is 0. The molecule has 0 radical (unpaired) electrons. The van der Waals surface area contributed by atoms with Crippen molar-refractivity contribution in [3.8, 4) is 11.6 Å². The number of ether oxygens (including phenoxy) is 3. The maximum absolute atomic E-state index is 13.0. The highest BCUT2D eigenvalue weighted by atomic mass is 19.1. The fourth-order valence-corrected chi connectivity index (χ4v) is 2.26. The first kappa shape index (κ1) is 14.3. The van der Waals surface area contributed by atoms with Gasteiger partial charge in [0.15, 0.2) is 11.4 Å². The van der Waals surface area contributed by atoms with E-state index in [1.807, 2.05) is 0 Å². The Hall–Kier alpha value is -2.63. The first-order valence-electron chi connectivity index (χ1n) is 6.79. The Morgan fingerprint density at radius 1 is 1.27 bits per heavy atom. The lowest BCUT2D eigenvalue weighted by molar-refractivity contribution is 0.0591. The minimum atomic E-state index is -0.544. The number of nitrogens with zero attached hydrogens (tertiary/aromatic N) is 1. The van der Waals surface area contributed by atoms with Gasteiger partial charge in [-0.2, -0.15) is 0 Å². The van der Waals surface area contributed by atoms with Gasteiger partial charge in [0.2, 0.25) is 0 Å². The van der Waals surface area contributed by atoms with Crippen LogP contribution >= 0.6 is 0 Å². The molecule has 1 aliphatic heterocycles. The number of carbonyl (C=O) groups excluding carboxylic acids is 1. The zero-order valence-corrected chi connectivity index (χ0v) is 12.0. The summed E-state index contributed by atoms with van der Waals surface area (Å²) in [4.78, 5) is 15.8. The van der Waals surface area contributed by atoms with Crippen LogP contribution in [0.5, 0.6) is 11.6 Å². The molecule has 1 aromatic carbocycles. The lowest BCUT2D eigenvalue weighted by Gasteiger charge is -2.20. The van der Waals surface area contributed by atoms with Gasteiger partial charge in [-0.25, -0.2) is 14.2 Å². The number of esters is 1. The van der Waals surface area contributed by atoms with Crippen LogP contribution in [-0.4, -0.2) is 31.3 Å². The number of pyridine rings is 1. The summed E-state index contributed by atoms with van der Waals surface area (Å²) in [5.41, 5.74) is 1.79. The number of fused-ring (bicyclic) bond motifs is 1. The molecule has 22 heavy (non-hydrogen) atoms. The van der Waals surface area contributed by atoms with Crippen LogP contribution in [0.25, 0.3) is 0 Å². The van der Waals surface area contributed by atoms with Gasteiger partial charge in [0.25, 0.3) is 5.88 Å². The van der Waals surface area contributed by atoms with Gasteiger partial charge in [-0.1, -0.05) is 12.1 Å². The molecule has 0 spiro atoms. The molecule has 0 saturated carbocycles. The van der Waals surface area contributed by atoms with E-state index in [0.717, 1.165) is 11.1 Å². The highest BCUT2D eigenvalue weighted by molar-refractivity contribution is 5.88. The lowest BCUT2D eigenvalue weighted by atomic mass is 10.0. The fraction of sp³-hybridized carbons (Fsp3) is 0.250. The molecule has 2 heterocycles. The van der Waals surface area contributed by atoms with E-state index in [2.05, 4.69) is 4.98 Å². The van der Waals surface area contributed by atoms with E-state index < -0.39 is 5.97 Å². The number of halogens is 1. The largest absolute Gasteiger partial charge is 0.484 e. The van der Waals surface area contributed by atoms with Crippen molar-refractivity contribution in [3.05, 3.63) is 53.0 Å². The molecule has 5 nitrogen and oxygen atoms in total. The summed E-state index contributed by atoms with van der Waals surface area (Å²) in [7, 11) is 1.29.